The summed E-state index contributed by atoms with van der Waals surface area (Å²) in [6.07, 6.45) is 3.50. The van der Waals surface area contributed by atoms with E-state index in [9.17, 15) is 24.6 Å². The van der Waals surface area contributed by atoms with E-state index in [0.717, 1.165) is 22.7 Å². The SMILES string of the molecule is COCCN1C[C@@H](Cc2c[nH]c3ccccc23)n2cc(C(=O)O)c(=O)c(O)c2C1=O. The van der Waals surface area contributed by atoms with Crippen LogP contribution in [0.5, 0.6) is 5.75 Å². The molecule has 3 aromatic rings. The summed E-state index contributed by atoms with van der Waals surface area (Å²) in [6.45, 7) is 0.869. The topological polar surface area (TPSA) is 125 Å². The van der Waals surface area contributed by atoms with Gasteiger partial charge in [-0.15, -0.1) is 0 Å². The summed E-state index contributed by atoms with van der Waals surface area (Å²) in [5, 5.41) is 20.8. The van der Waals surface area contributed by atoms with Crippen molar-refractivity contribution >= 4 is 22.8 Å². The van der Waals surface area contributed by atoms with E-state index in [1.54, 1.807) is 0 Å². The van der Waals surface area contributed by atoms with Gasteiger partial charge in [0.1, 0.15) is 5.56 Å². The second-order valence-electron chi connectivity index (χ2n) is 7.24. The fraction of sp³-hybridized carbons (Fsp3) is 0.286. The fourth-order valence-corrected chi connectivity index (χ4v) is 3.96. The molecule has 9 nitrogen and oxygen atoms in total. The van der Waals surface area contributed by atoms with Crippen molar-refractivity contribution in [1.29, 1.82) is 0 Å². The Balaban J connectivity index is 1.83. The van der Waals surface area contributed by atoms with Gasteiger partial charge in [-0.3, -0.25) is 9.59 Å². The Morgan fingerprint density at radius 1 is 1.30 bits per heavy atom. The summed E-state index contributed by atoms with van der Waals surface area (Å²) in [5.74, 6) is -2.83. The molecule has 0 saturated carbocycles. The lowest BCUT2D eigenvalue weighted by Gasteiger charge is -2.36. The average molecular weight is 411 g/mol. The number of carbonyl (C=O) groups is 2. The van der Waals surface area contributed by atoms with E-state index in [1.165, 1.54) is 16.6 Å². The van der Waals surface area contributed by atoms with Gasteiger partial charge >= 0.3 is 5.97 Å². The first-order valence-corrected chi connectivity index (χ1v) is 9.47. The zero-order valence-corrected chi connectivity index (χ0v) is 16.3. The molecule has 2 aromatic heterocycles. The third kappa shape index (κ3) is 3.22. The molecule has 1 amide bonds. The number of aromatic hydroxyl groups is 1. The molecule has 1 aliphatic rings. The minimum Gasteiger partial charge on any atom is -0.503 e. The molecule has 0 spiro atoms. The van der Waals surface area contributed by atoms with Crippen molar-refractivity contribution < 1.29 is 24.5 Å². The van der Waals surface area contributed by atoms with Gasteiger partial charge in [0.25, 0.3) is 5.91 Å². The van der Waals surface area contributed by atoms with Gasteiger partial charge in [0.2, 0.25) is 5.43 Å². The van der Waals surface area contributed by atoms with Crippen LogP contribution in [0.4, 0.5) is 0 Å². The van der Waals surface area contributed by atoms with Gasteiger partial charge in [0, 0.05) is 43.5 Å². The number of hydrogen-bond donors (Lipinski definition) is 3. The second kappa shape index (κ2) is 7.68. The van der Waals surface area contributed by atoms with Crippen molar-refractivity contribution in [2.24, 2.45) is 0 Å². The standard InChI is InChI=1S/C21H21N3O6/c1-30-7-6-23-10-13(8-12-9-22-16-5-3-2-4-14(12)16)24-11-15(21(28)29)18(25)19(26)17(24)20(23)27/h2-5,9,11,13,22,26H,6-8,10H2,1H3,(H,28,29)/t13-/m1/s1. The number of hydrogen-bond acceptors (Lipinski definition) is 5. The number of carboxylic acids is 1. The minimum atomic E-state index is -1.45. The quantitative estimate of drug-likeness (QED) is 0.566. The lowest BCUT2D eigenvalue weighted by Crippen LogP contribution is -2.46. The molecule has 0 unspecified atom stereocenters. The normalized spacial score (nSPS) is 16.1. The zero-order valence-electron chi connectivity index (χ0n) is 16.3. The van der Waals surface area contributed by atoms with Gasteiger partial charge < -0.3 is 29.4 Å². The van der Waals surface area contributed by atoms with Crippen LogP contribution < -0.4 is 5.43 Å². The Morgan fingerprint density at radius 2 is 2.07 bits per heavy atom. The second-order valence-corrected chi connectivity index (χ2v) is 7.24. The summed E-state index contributed by atoms with van der Waals surface area (Å²) >= 11 is 0. The molecular weight excluding hydrogens is 390 g/mol. The van der Waals surface area contributed by atoms with Crippen LogP contribution in [0.25, 0.3) is 10.9 Å². The fourth-order valence-electron chi connectivity index (χ4n) is 3.96. The van der Waals surface area contributed by atoms with E-state index in [2.05, 4.69) is 4.98 Å². The molecule has 3 heterocycles. The first kappa shape index (κ1) is 19.7. The maximum absolute atomic E-state index is 12.9. The predicted molar refractivity (Wildman–Crippen MR) is 108 cm³/mol. The summed E-state index contributed by atoms with van der Waals surface area (Å²) < 4.78 is 6.50. The monoisotopic (exact) mass is 411 g/mol. The number of para-hydroxylation sites is 1. The molecule has 0 saturated heterocycles. The third-order valence-electron chi connectivity index (χ3n) is 5.45. The lowest BCUT2D eigenvalue weighted by atomic mass is 10.0. The Bertz CT molecular complexity index is 1200. The largest absolute Gasteiger partial charge is 0.503 e. The van der Waals surface area contributed by atoms with Gasteiger partial charge in [0.05, 0.1) is 12.6 Å². The number of pyridine rings is 1. The zero-order chi connectivity index (χ0) is 21.4. The number of aromatic nitrogens is 2. The highest BCUT2D eigenvalue weighted by molar-refractivity contribution is 5.97. The molecule has 3 N–H and O–H groups in total. The number of methoxy groups -OCH3 is 1. The molecule has 4 rings (SSSR count). The van der Waals surface area contributed by atoms with Gasteiger partial charge in [-0.1, -0.05) is 18.2 Å². The lowest BCUT2D eigenvalue weighted by molar-refractivity contribution is 0.0586. The summed E-state index contributed by atoms with van der Waals surface area (Å²) in [6, 6.07) is 7.40. The van der Waals surface area contributed by atoms with Crippen LogP contribution in [-0.4, -0.2) is 63.3 Å². The smallest absolute Gasteiger partial charge is 0.341 e. The molecular formula is C21H21N3O6. The number of aromatic carboxylic acids is 1. The summed E-state index contributed by atoms with van der Waals surface area (Å²) in [5.41, 5.74) is 0.111. The maximum Gasteiger partial charge on any atom is 0.341 e. The number of carboxylic acid groups (broad SMARTS) is 1. The van der Waals surface area contributed by atoms with E-state index in [-0.39, 0.29) is 24.8 Å². The Kier molecular flexibility index (Phi) is 5.04. The van der Waals surface area contributed by atoms with Crippen molar-refractivity contribution in [1.82, 2.24) is 14.5 Å². The molecule has 1 aliphatic heterocycles. The highest BCUT2D eigenvalue weighted by Crippen LogP contribution is 2.30. The molecule has 0 aliphatic carbocycles. The number of amides is 1. The van der Waals surface area contributed by atoms with Crippen LogP contribution >= 0.6 is 0 Å². The van der Waals surface area contributed by atoms with Gasteiger partial charge in [0.15, 0.2) is 11.4 Å². The maximum atomic E-state index is 12.9. The van der Waals surface area contributed by atoms with Crippen LogP contribution in [0.1, 0.15) is 32.5 Å². The van der Waals surface area contributed by atoms with Crippen molar-refractivity contribution in [3.63, 3.8) is 0 Å². The number of benzene rings is 1. The number of rotatable bonds is 6. The Morgan fingerprint density at radius 3 is 2.80 bits per heavy atom. The molecule has 0 radical (unpaired) electrons. The number of aromatic amines is 1. The van der Waals surface area contributed by atoms with E-state index in [0.29, 0.717) is 13.0 Å². The molecule has 0 bridgehead atoms. The van der Waals surface area contributed by atoms with Crippen LogP contribution in [-0.2, 0) is 11.2 Å². The van der Waals surface area contributed by atoms with E-state index in [1.807, 2.05) is 30.5 Å². The average Bonchev–Trinajstić information content (AvgIpc) is 3.13. The van der Waals surface area contributed by atoms with E-state index >= 15 is 0 Å². The summed E-state index contributed by atoms with van der Waals surface area (Å²) in [4.78, 5) is 41.5. The number of nitrogens with one attached hydrogen (secondary N) is 1. The number of ether oxygens (including phenoxy) is 1. The van der Waals surface area contributed by atoms with Crippen LogP contribution in [0.15, 0.2) is 41.5 Å². The number of carbonyl (C=O) groups excluding carboxylic acids is 1. The van der Waals surface area contributed by atoms with Crippen LogP contribution in [0, 0.1) is 0 Å². The van der Waals surface area contributed by atoms with Crippen molar-refractivity contribution in [2.75, 3.05) is 26.8 Å². The molecule has 0 fully saturated rings. The van der Waals surface area contributed by atoms with Crippen molar-refractivity contribution in [3.05, 3.63) is 63.7 Å². The van der Waals surface area contributed by atoms with Crippen LogP contribution in [0.3, 0.4) is 0 Å². The Labute approximate surface area is 171 Å². The number of H-pyrrole nitrogens is 1. The van der Waals surface area contributed by atoms with Gasteiger partial charge in [-0.05, 0) is 18.1 Å². The Hall–Kier alpha value is -3.59. The minimum absolute atomic E-state index is 0.197. The highest BCUT2D eigenvalue weighted by atomic mass is 16.5. The third-order valence-corrected chi connectivity index (χ3v) is 5.45. The molecule has 1 aromatic carbocycles. The predicted octanol–water partition coefficient (Wildman–Crippen LogP) is 1.62. The first-order valence-electron chi connectivity index (χ1n) is 9.47. The molecule has 9 heteroatoms. The van der Waals surface area contributed by atoms with E-state index in [4.69, 9.17) is 4.74 Å². The number of fused-ring (bicyclic) bond motifs is 2. The molecule has 1 atom stereocenters. The van der Waals surface area contributed by atoms with Crippen molar-refractivity contribution in [3.8, 4) is 5.75 Å². The molecule has 156 valence electrons. The number of nitrogens with zero attached hydrogens (tertiary/aromatic N) is 2. The van der Waals surface area contributed by atoms with Crippen molar-refractivity contribution in [2.45, 2.75) is 12.5 Å². The van der Waals surface area contributed by atoms with Gasteiger partial charge in [-0.25, -0.2) is 4.79 Å². The van der Waals surface area contributed by atoms with E-state index < -0.39 is 28.6 Å². The molecule has 30 heavy (non-hydrogen) atoms. The highest BCUT2D eigenvalue weighted by Gasteiger charge is 2.35. The van der Waals surface area contributed by atoms with Gasteiger partial charge in [-0.2, -0.15) is 0 Å². The first-order chi connectivity index (χ1) is 14.4. The van der Waals surface area contributed by atoms with Crippen LogP contribution in [0.2, 0.25) is 0 Å². The summed E-state index contributed by atoms with van der Waals surface area (Å²) in [7, 11) is 1.52.